The van der Waals surface area contributed by atoms with Crippen LogP contribution in [0.4, 0.5) is 20.4 Å². The molecule has 1 aromatic heterocycles. The molecule has 0 spiro atoms. The Kier molecular flexibility index (Phi) is 4.16. The Bertz CT molecular complexity index is 426. The molecule has 0 radical (unpaired) electrons. The Balaban J connectivity index is 3.14. The molecule has 0 fully saturated rings. The predicted octanol–water partition coefficient (Wildman–Crippen LogP) is -0.0430. The second kappa shape index (κ2) is 5.39. The summed E-state index contributed by atoms with van der Waals surface area (Å²) in [5.74, 6) is 2.11. The standard InChI is InChI=1S/C9H13F2N5O/c1-2-16(4-7(12)17)9-6(11)3-5(10)8(14-9)15-13/h3H,2,4,13H2,1H3,(H2,12,17)(H,14,15). The lowest BCUT2D eigenvalue weighted by Crippen LogP contribution is -2.35. The molecule has 0 aliphatic carbocycles. The number of nitrogens with zero attached hydrogens (tertiary/aromatic N) is 2. The molecule has 0 saturated carbocycles. The van der Waals surface area contributed by atoms with Gasteiger partial charge in [0.1, 0.15) is 0 Å². The highest BCUT2D eigenvalue weighted by Gasteiger charge is 2.17. The van der Waals surface area contributed by atoms with Crippen molar-refractivity contribution in [1.29, 1.82) is 0 Å². The molecular weight excluding hydrogens is 232 g/mol. The van der Waals surface area contributed by atoms with Gasteiger partial charge in [-0.05, 0) is 6.92 Å². The van der Waals surface area contributed by atoms with Crippen LogP contribution < -0.4 is 21.9 Å². The van der Waals surface area contributed by atoms with E-state index in [-0.39, 0.29) is 18.2 Å². The smallest absolute Gasteiger partial charge is 0.236 e. The fourth-order valence-corrected chi connectivity index (χ4v) is 1.30. The molecule has 1 aromatic rings. The first-order valence-corrected chi connectivity index (χ1v) is 4.85. The Morgan fingerprint density at radius 3 is 2.65 bits per heavy atom. The maximum absolute atomic E-state index is 13.5. The van der Waals surface area contributed by atoms with Gasteiger partial charge in [-0.3, -0.25) is 4.79 Å². The predicted molar refractivity (Wildman–Crippen MR) is 59.0 cm³/mol. The number of nitrogen functional groups attached to an aromatic ring is 1. The molecule has 0 unspecified atom stereocenters. The van der Waals surface area contributed by atoms with Crippen LogP contribution in [0, 0.1) is 11.6 Å². The Labute approximate surface area is 96.6 Å². The number of hydrazine groups is 1. The number of carbonyl (C=O) groups excluding carboxylic acids is 1. The minimum absolute atomic E-state index is 0.180. The van der Waals surface area contributed by atoms with Crippen molar-refractivity contribution in [2.45, 2.75) is 6.92 Å². The van der Waals surface area contributed by atoms with Crippen LogP contribution in [0.5, 0.6) is 0 Å². The van der Waals surface area contributed by atoms with E-state index in [1.54, 1.807) is 6.92 Å². The number of halogens is 2. The van der Waals surface area contributed by atoms with Crippen LogP contribution in [0.2, 0.25) is 0 Å². The Morgan fingerprint density at radius 1 is 1.53 bits per heavy atom. The first-order valence-electron chi connectivity index (χ1n) is 4.85. The number of carbonyl (C=O) groups is 1. The van der Waals surface area contributed by atoms with Crippen LogP contribution in [-0.4, -0.2) is 24.0 Å². The van der Waals surface area contributed by atoms with Crippen LogP contribution in [0.25, 0.3) is 0 Å². The van der Waals surface area contributed by atoms with Crippen LogP contribution in [0.3, 0.4) is 0 Å². The van der Waals surface area contributed by atoms with Crippen molar-refractivity contribution in [2.24, 2.45) is 11.6 Å². The van der Waals surface area contributed by atoms with E-state index in [1.165, 1.54) is 4.90 Å². The molecule has 0 atom stereocenters. The summed E-state index contributed by atoms with van der Waals surface area (Å²) < 4.78 is 26.6. The number of likely N-dealkylation sites (N-methyl/N-ethyl adjacent to an activating group) is 1. The van der Waals surface area contributed by atoms with Crippen molar-refractivity contribution in [2.75, 3.05) is 23.4 Å². The molecule has 1 rings (SSSR count). The summed E-state index contributed by atoms with van der Waals surface area (Å²) in [6.45, 7) is 1.77. The zero-order valence-corrected chi connectivity index (χ0v) is 9.20. The largest absolute Gasteiger partial charge is 0.368 e. The highest BCUT2D eigenvalue weighted by molar-refractivity contribution is 5.79. The second-order valence-electron chi connectivity index (χ2n) is 3.25. The van der Waals surface area contributed by atoms with Gasteiger partial charge in [0.05, 0.1) is 6.54 Å². The summed E-state index contributed by atoms with van der Waals surface area (Å²) >= 11 is 0. The molecule has 0 aliphatic rings. The maximum Gasteiger partial charge on any atom is 0.236 e. The third-order valence-corrected chi connectivity index (χ3v) is 2.08. The van der Waals surface area contributed by atoms with Gasteiger partial charge in [-0.25, -0.2) is 19.6 Å². The van der Waals surface area contributed by atoms with Crippen LogP contribution in [0.15, 0.2) is 6.07 Å². The van der Waals surface area contributed by atoms with E-state index in [1.807, 2.05) is 5.43 Å². The third kappa shape index (κ3) is 3.00. The summed E-state index contributed by atoms with van der Waals surface area (Å²) in [6, 6.07) is 0.640. The van der Waals surface area contributed by atoms with Crippen molar-refractivity contribution >= 4 is 17.5 Å². The minimum atomic E-state index is -0.913. The van der Waals surface area contributed by atoms with E-state index in [4.69, 9.17) is 11.6 Å². The van der Waals surface area contributed by atoms with Crippen LogP contribution in [-0.2, 0) is 4.79 Å². The Morgan fingerprint density at radius 2 is 2.18 bits per heavy atom. The molecule has 1 heterocycles. The van der Waals surface area contributed by atoms with Gasteiger partial charge in [-0.1, -0.05) is 0 Å². The van der Waals surface area contributed by atoms with E-state index < -0.39 is 17.5 Å². The van der Waals surface area contributed by atoms with Crippen molar-refractivity contribution in [1.82, 2.24) is 4.98 Å². The zero-order chi connectivity index (χ0) is 13.0. The number of rotatable bonds is 5. The highest BCUT2D eigenvalue weighted by Crippen LogP contribution is 2.21. The van der Waals surface area contributed by atoms with Crippen molar-refractivity contribution < 1.29 is 13.6 Å². The number of hydrogen-bond acceptors (Lipinski definition) is 5. The minimum Gasteiger partial charge on any atom is -0.368 e. The number of amides is 1. The molecule has 94 valence electrons. The van der Waals surface area contributed by atoms with Crippen LogP contribution in [0.1, 0.15) is 6.92 Å². The summed E-state index contributed by atoms with van der Waals surface area (Å²) in [6.07, 6.45) is 0. The van der Waals surface area contributed by atoms with Crippen molar-refractivity contribution in [3.63, 3.8) is 0 Å². The lowest BCUT2D eigenvalue weighted by Gasteiger charge is -2.21. The Hall–Kier alpha value is -1.96. The van der Waals surface area contributed by atoms with Gasteiger partial charge < -0.3 is 16.1 Å². The molecule has 6 nitrogen and oxygen atoms in total. The summed E-state index contributed by atoms with van der Waals surface area (Å²) in [4.78, 5) is 15.7. The number of nitrogens with two attached hydrogens (primary N) is 2. The number of aromatic nitrogens is 1. The first kappa shape index (κ1) is 13.1. The van der Waals surface area contributed by atoms with E-state index >= 15 is 0 Å². The fourth-order valence-electron chi connectivity index (χ4n) is 1.30. The normalized spacial score (nSPS) is 10.1. The molecular formula is C9H13F2N5O. The second-order valence-corrected chi connectivity index (χ2v) is 3.25. The van der Waals surface area contributed by atoms with E-state index in [0.29, 0.717) is 12.6 Å². The first-order chi connectivity index (χ1) is 7.99. The maximum atomic E-state index is 13.5. The SMILES string of the molecule is CCN(CC(N)=O)c1nc(NN)c(F)cc1F. The highest BCUT2D eigenvalue weighted by atomic mass is 19.1. The van der Waals surface area contributed by atoms with Gasteiger partial charge in [-0.2, -0.15) is 0 Å². The molecule has 8 heteroatoms. The van der Waals surface area contributed by atoms with Gasteiger partial charge in [0.15, 0.2) is 23.3 Å². The molecule has 17 heavy (non-hydrogen) atoms. The lowest BCUT2D eigenvalue weighted by atomic mass is 10.3. The van der Waals surface area contributed by atoms with Gasteiger partial charge in [0.25, 0.3) is 0 Å². The fraction of sp³-hybridized carbons (Fsp3) is 0.333. The monoisotopic (exact) mass is 245 g/mol. The molecule has 0 aromatic carbocycles. The third-order valence-electron chi connectivity index (χ3n) is 2.08. The van der Waals surface area contributed by atoms with Gasteiger partial charge in [-0.15, -0.1) is 0 Å². The van der Waals surface area contributed by atoms with E-state index in [9.17, 15) is 13.6 Å². The molecule has 0 saturated heterocycles. The summed E-state index contributed by atoms with van der Waals surface area (Å²) in [5, 5.41) is 0. The molecule has 5 N–H and O–H groups in total. The number of pyridine rings is 1. The average molecular weight is 245 g/mol. The number of anilines is 2. The van der Waals surface area contributed by atoms with E-state index in [0.717, 1.165) is 0 Å². The zero-order valence-electron chi connectivity index (χ0n) is 9.20. The lowest BCUT2D eigenvalue weighted by molar-refractivity contribution is -0.116. The summed E-state index contributed by atoms with van der Waals surface area (Å²) in [7, 11) is 0. The molecule has 1 amide bonds. The molecule has 0 bridgehead atoms. The van der Waals surface area contributed by atoms with E-state index in [2.05, 4.69) is 4.98 Å². The van der Waals surface area contributed by atoms with Crippen LogP contribution >= 0.6 is 0 Å². The molecule has 0 aliphatic heterocycles. The van der Waals surface area contributed by atoms with Gasteiger partial charge >= 0.3 is 0 Å². The topological polar surface area (TPSA) is 97.3 Å². The van der Waals surface area contributed by atoms with Crippen molar-refractivity contribution in [3.8, 4) is 0 Å². The van der Waals surface area contributed by atoms with Gasteiger partial charge in [0.2, 0.25) is 5.91 Å². The average Bonchev–Trinajstić information content (AvgIpc) is 2.26. The summed E-state index contributed by atoms with van der Waals surface area (Å²) in [5.41, 5.74) is 7.01. The van der Waals surface area contributed by atoms with Gasteiger partial charge in [0, 0.05) is 12.6 Å². The number of nitrogens with one attached hydrogen (secondary N) is 1. The number of hydrogen-bond donors (Lipinski definition) is 3. The van der Waals surface area contributed by atoms with Crippen molar-refractivity contribution in [3.05, 3.63) is 17.7 Å². The quantitative estimate of drug-likeness (QED) is 0.499. The number of primary amides is 1.